The molecule has 0 spiro atoms. The van der Waals surface area contributed by atoms with E-state index < -0.39 is 23.9 Å². The van der Waals surface area contributed by atoms with Crippen LogP contribution < -0.4 is 4.74 Å². The molecule has 1 N–H and O–H groups in total. The number of aromatic nitrogens is 3. The van der Waals surface area contributed by atoms with Crippen LogP contribution in [0, 0.1) is 3.01 Å². The highest BCUT2D eigenvalue weighted by molar-refractivity contribution is 14.1. The maximum absolute atomic E-state index is 12.7. The minimum Gasteiger partial charge on any atom is -0.475 e. The van der Waals surface area contributed by atoms with Crippen molar-refractivity contribution in [3.05, 3.63) is 63.4 Å². The Morgan fingerprint density at radius 1 is 1.00 bits per heavy atom. The normalized spacial score (nSPS) is 11.6. The molecule has 178 valence electrons. The molecule has 2 aromatic carbocycles. The number of carboxylic acids is 1. The molecule has 0 amide bonds. The Bertz CT molecular complexity index is 1310. The zero-order valence-electron chi connectivity index (χ0n) is 16.4. The summed E-state index contributed by atoms with van der Waals surface area (Å²) >= 11 is 3.70. The number of aliphatic carboxylic acids is 1. The molecule has 0 fully saturated rings. The van der Waals surface area contributed by atoms with Crippen molar-refractivity contribution in [1.29, 1.82) is 0 Å². The van der Waals surface area contributed by atoms with Gasteiger partial charge >= 0.3 is 18.3 Å². The second kappa shape index (κ2) is 10.1. The van der Waals surface area contributed by atoms with Crippen LogP contribution in [0.3, 0.4) is 0 Å². The molecule has 0 bridgehead atoms. The van der Waals surface area contributed by atoms with E-state index in [4.69, 9.17) is 14.6 Å². The van der Waals surface area contributed by atoms with Crippen LogP contribution in [-0.2, 0) is 11.0 Å². The Balaban J connectivity index is 0.000000406. The summed E-state index contributed by atoms with van der Waals surface area (Å²) < 4.78 is 77.6. The van der Waals surface area contributed by atoms with Crippen molar-refractivity contribution in [2.75, 3.05) is 0 Å². The lowest BCUT2D eigenvalue weighted by atomic mass is 10.1. The molecule has 2 heterocycles. The summed E-state index contributed by atoms with van der Waals surface area (Å²) in [5.41, 5.74) is 1.04. The summed E-state index contributed by atoms with van der Waals surface area (Å²) in [4.78, 5) is 21.6. The second-order valence-corrected chi connectivity index (χ2v) is 9.08. The van der Waals surface area contributed by atoms with Gasteiger partial charge in [0, 0.05) is 11.6 Å². The first-order valence-electron chi connectivity index (χ1n) is 8.87. The fourth-order valence-corrected chi connectivity index (χ4v) is 4.14. The van der Waals surface area contributed by atoms with Gasteiger partial charge in [-0.2, -0.15) is 26.3 Å². The van der Waals surface area contributed by atoms with Crippen molar-refractivity contribution in [2.24, 2.45) is 0 Å². The number of rotatable bonds is 3. The third-order valence-electron chi connectivity index (χ3n) is 3.96. The lowest BCUT2D eigenvalue weighted by molar-refractivity contribution is -0.192. The third-order valence-corrected chi connectivity index (χ3v) is 5.67. The minimum absolute atomic E-state index is 0.287. The molecule has 0 saturated heterocycles. The number of hydrogen-bond donors (Lipinski definition) is 1. The van der Waals surface area contributed by atoms with Gasteiger partial charge in [-0.3, -0.25) is 0 Å². The van der Waals surface area contributed by atoms with Crippen LogP contribution in [0.5, 0.6) is 11.6 Å². The lowest BCUT2D eigenvalue weighted by Gasteiger charge is -2.09. The second-order valence-electron chi connectivity index (χ2n) is 6.29. The van der Waals surface area contributed by atoms with Gasteiger partial charge in [0.05, 0.1) is 16.0 Å². The molecule has 4 rings (SSSR count). The van der Waals surface area contributed by atoms with Gasteiger partial charge in [0.2, 0.25) is 5.88 Å². The number of carbonyl (C=O) groups is 1. The van der Waals surface area contributed by atoms with Crippen LogP contribution in [0.4, 0.5) is 26.3 Å². The molecule has 2 aromatic heterocycles. The summed E-state index contributed by atoms with van der Waals surface area (Å²) in [5, 5.41) is 7.12. The van der Waals surface area contributed by atoms with E-state index in [1.165, 1.54) is 18.5 Å². The smallest absolute Gasteiger partial charge is 0.475 e. The number of halogens is 7. The first-order chi connectivity index (χ1) is 15.8. The summed E-state index contributed by atoms with van der Waals surface area (Å²) in [6, 6.07) is 12.0. The first-order valence-corrected chi connectivity index (χ1v) is 10.8. The monoisotopic (exact) mass is 613 g/mol. The quantitative estimate of drug-likeness (QED) is 0.202. The van der Waals surface area contributed by atoms with Crippen LogP contribution >= 0.6 is 33.9 Å². The van der Waals surface area contributed by atoms with E-state index in [9.17, 15) is 26.3 Å². The fraction of sp³-hybridized carbons (Fsp3) is 0.100. The molecule has 4 aromatic rings. The van der Waals surface area contributed by atoms with E-state index in [1.54, 1.807) is 23.5 Å². The molecular weight excluding hydrogens is 603 g/mol. The average molecular weight is 613 g/mol. The largest absolute Gasteiger partial charge is 0.490 e. The summed E-state index contributed by atoms with van der Waals surface area (Å²) in [6.07, 6.45) is -8.14. The average Bonchev–Trinajstić information content (AvgIpc) is 3.14. The molecule has 0 aliphatic rings. The van der Waals surface area contributed by atoms with Crippen LogP contribution in [0.25, 0.3) is 21.5 Å². The number of thiazole rings is 1. The van der Waals surface area contributed by atoms with Crippen molar-refractivity contribution in [1.82, 2.24) is 15.0 Å². The van der Waals surface area contributed by atoms with Crippen LogP contribution in [-0.4, -0.2) is 32.2 Å². The SMILES string of the molecule is FC(F)(F)c1ccc(-c2cc(Oc3cccc4sc(I)nc34)ncn2)cc1.O=C(O)C(F)(F)F. The van der Waals surface area contributed by atoms with Gasteiger partial charge in [0.1, 0.15) is 11.8 Å². The number of fused-ring (bicyclic) bond motifs is 1. The van der Waals surface area contributed by atoms with Crippen molar-refractivity contribution < 1.29 is 41.0 Å². The topological polar surface area (TPSA) is 85.2 Å². The first kappa shape index (κ1) is 25.6. The Morgan fingerprint density at radius 2 is 1.65 bits per heavy atom. The van der Waals surface area contributed by atoms with Crippen LogP contribution in [0.1, 0.15) is 5.56 Å². The highest BCUT2D eigenvalue weighted by atomic mass is 127. The Hall–Kier alpha value is -3.01. The van der Waals surface area contributed by atoms with Crippen LogP contribution in [0.15, 0.2) is 54.9 Å². The number of hydrogen-bond acceptors (Lipinski definition) is 6. The number of ether oxygens (including phenoxy) is 1. The van der Waals surface area contributed by atoms with Gasteiger partial charge in [0.15, 0.2) is 8.76 Å². The molecule has 6 nitrogen and oxygen atoms in total. The molecular formula is C20H10F6IN3O3S. The van der Waals surface area contributed by atoms with Gasteiger partial charge in [-0.05, 0) is 46.9 Å². The van der Waals surface area contributed by atoms with Gasteiger partial charge in [-0.1, -0.05) is 18.2 Å². The minimum atomic E-state index is -5.08. The number of nitrogens with zero attached hydrogens (tertiary/aromatic N) is 3. The van der Waals surface area contributed by atoms with Gasteiger partial charge in [-0.25, -0.2) is 19.7 Å². The molecule has 0 aliphatic heterocycles. The molecule has 0 aliphatic carbocycles. The van der Waals surface area contributed by atoms with Gasteiger partial charge in [-0.15, -0.1) is 11.3 Å². The van der Waals surface area contributed by atoms with E-state index in [0.29, 0.717) is 17.0 Å². The highest BCUT2D eigenvalue weighted by Crippen LogP contribution is 2.34. The molecule has 0 atom stereocenters. The van der Waals surface area contributed by atoms with E-state index in [0.717, 1.165) is 25.4 Å². The van der Waals surface area contributed by atoms with Crippen molar-refractivity contribution >= 4 is 50.1 Å². The van der Waals surface area contributed by atoms with Crippen molar-refractivity contribution in [3.8, 4) is 22.9 Å². The zero-order chi connectivity index (χ0) is 25.1. The van der Waals surface area contributed by atoms with Gasteiger partial charge in [0.25, 0.3) is 0 Å². The molecule has 14 heteroatoms. The Morgan fingerprint density at radius 3 is 2.24 bits per heavy atom. The maximum Gasteiger partial charge on any atom is 0.490 e. The van der Waals surface area contributed by atoms with Gasteiger partial charge < -0.3 is 9.84 Å². The third kappa shape index (κ3) is 6.53. The van der Waals surface area contributed by atoms with E-state index in [-0.39, 0.29) is 5.88 Å². The predicted octanol–water partition coefficient (Wildman–Crippen LogP) is 6.80. The Kier molecular flexibility index (Phi) is 7.60. The maximum atomic E-state index is 12.7. The van der Waals surface area contributed by atoms with E-state index >= 15 is 0 Å². The Labute approximate surface area is 204 Å². The van der Waals surface area contributed by atoms with Crippen LogP contribution in [0.2, 0.25) is 0 Å². The van der Waals surface area contributed by atoms with Crippen molar-refractivity contribution in [2.45, 2.75) is 12.4 Å². The molecule has 34 heavy (non-hydrogen) atoms. The molecule has 0 unspecified atom stereocenters. The number of benzene rings is 2. The number of carboxylic acid groups (broad SMARTS) is 1. The highest BCUT2D eigenvalue weighted by Gasteiger charge is 2.38. The standard InChI is InChI=1S/C18H9F3IN3OS.C2HF3O2/c19-18(20,21)11-6-4-10(5-7-11)12-8-15(24-9-23-12)26-13-2-1-3-14-16(13)25-17(22)27-14;3-2(4,5)1(6)7/h1-9H;(H,6,7). The fourth-order valence-electron chi connectivity index (χ4n) is 2.47. The van der Waals surface area contributed by atoms with Crippen molar-refractivity contribution in [3.63, 3.8) is 0 Å². The van der Waals surface area contributed by atoms with E-state index in [1.807, 2.05) is 12.1 Å². The van der Waals surface area contributed by atoms with E-state index in [2.05, 4.69) is 37.5 Å². The summed E-state index contributed by atoms with van der Waals surface area (Å²) in [6.45, 7) is 0. The molecule has 0 radical (unpaired) electrons. The lowest BCUT2D eigenvalue weighted by Crippen LogP contribution is -2.21. The number of alkyl halides is 6. The summed E-state index contributed by atoms with van der Waals surface area (Å²) in [7, 11) is 0. The number of para-hydroxylation sites is 1. The predicted molar refractivity (Wildman–Crippen MR) is 119 cm³/mol. The molecule has 0 saturated carbocycles. The summed E-state index contributed by atoms with van der Waals surface area (Å²) in [5.74, 6) is -1.91. The zero-order valence-corrected chi connectivity index (χ0v) is 19.3.